The molecule has 0 bridgehead atoms. The third-order valence-electron chi connectivity index (χ3n) is 6.39. The van der Waals surface area contributed by atoms with E-state index in [9.17, 15) is 4.79 Å². The Balaban J connectivity index is 1.44. The van der Waals surface area contributed by atoms with Crippen LogP contribution in [0.15, 0.2) is 114 Å². The Morgan fingerprint density at radius 3 is 2.49 bits per heavy atom. The lowest BCUT2D eigenvalue weighted by Crippen LogP contribution is -2.20. The molecule has 2 aromatic heterocycles. The first kappa shape index (κ1) is 27.0. The Morgan fingerprint density at radius 1 is 0.927 bits per heavy atom. The monoisotopic (exact) mass is 671 g/mol. The van der Waals surface area contributed by atoms with Crippen molar-refractivity contribution in [2.75, 3.05) is 6.61 Å². The third kappa shape index (κ3) is 5.42. The molecule has 0 unspecified atom stereocenters. The number of benzene rings is 4. The van der Waals surface area contributed by atoms with Gasteiger partial charge in [0.15, 0.2) is 17.3 Å². The third-order valence-corrected chi connectivity index (χ3v) is 8.54. The number of fused-ring (bicyclic) bond motifs is 2. The summed E-state index contributed by atoms with van der Waals surface area (Å²) >= 11 is 7.33. The van der Waals surface area contributed by atoms with Crippen molar-refractivity contribution in [3.05, 3.63) is 121 Å². The van der Waals surface area contributed by atoms with Crippen LogP contribution >= 0.6 is 31.9 Å². The molecule has 0 atom stereocenters. The van der Waals surface area contributed by atoms with Crippen LogP contribution in [0.3, 0.4) is 0 Å². The fourth-order valence-electron chi connectivity index (χ4n) is 4.43. The van der Waals surface area contributed by atoms with Crippen molar-refractivity contribution >= 4 is 59.9 Å². The molecule has 41 heavy (non-hydrogen) atoms. The molecule has 0 aliphatic heterocycles. The molecule has 0 aliphatic rings. The van der Waals surface area contributed by atoms with Crippen molar-refractivity contribution in [1.29, 1.82) is 0 Å². The van der Waals surface area contributed by atoms with E-state index in [1.165, 1.54) is 4.68 Å². The first-order chi connectivity index (χ1) is 20.0. The number of halogens is 2. The van der Waals surface area contributed by atoms with Crippen molar-refractivity contribution in [1.82, 2.24) is 9.66 Å². The van der Waals surface area contributed by atoms with E-state index in [0.717, 1.165) is 10.9 Å². The van der Waals surface area contributed by atoms with E-state index in [4.69, 9.17) is 18.9 Å². The summed E-state index contributed by atoms with van der Waals surface area (Å²) in [7, 11) is 0. The molecule has 0 aliphatic carbocycles. The Hall–Kier alpha value is -4.21. The van der Waals surface area contributed by atoms with Gasteiger partial charge in [0, 0.05) is 15.4 Å². The van der Waals surface area contributed by atoms with Gasteiger partial charge in [-0.2, -0.15) is 9.78 Å². The number of rotatable bonds is 8. The van der Waals surface area contributed by atoms with Gasteiger partial charge < -0.3 is 13.9 Å². The number of furan rings is 1. The summed E-state index contributed by atoms with van der Waals surface area (Å²) in [6.45, 7) is 2.72. The van der Waals surface area contributed by atoms with Gasteiger partial charge in [-0.25, -0.2) is 4.98 Å². The van der Waals surface area contributed by atoms with Crippen LogP contribution in [0.2, 0.25) is 0 Å². The second kappa shape index (κ2) is 11.7. The van der Waals surface area contributed by atoms with Crippen LogP contribution in [0.1, 0.15) is 18.1 Å². The van der Waals surface area contributed by atoms with Gasteiger partial charge >= 0.3 is 0 Å². The van der Waals surface area contributed by atoms with Crippen molar-refractivity contribution in [2.24, 2.45) is 5.10 Å². The molecule has 0 radical (unpaired) electrons. The molecule has 204 valence electrons. The molecule has 7 nitrogen and oxygen atoms in total. The summed E-state index contributed by atoms with van der Waals surface area (Å²) < 4.78 is 20.8. The quantitative estimate of drug-likeness (QED) is 0.152. The first-order valence-corrected chi connectivity index (χ1v) is 14.5. The zero-order valence-electron chi connectivity index (χ0n) is 21.9. The van der Waals surface area contributed by atoms with E-state index in [-0.39, 0.29) is 5.56 Å². The van der Waals surface area contributed by atoms with Gasteiger partial charge in [0.1, 0.15) is 12.2 Å². The Morgan fingerprint density at radius 2 is 1.68 bits per heavy atom. The highest BCUT2D eigenvalue weighted by molar-refractivity contribution is 9.13. The van der Waals surface area contributed by atoms with Gasteiger partial charge in [-0.1, -0.05) is 60.7 Å². The largest absolute Gasteiger partial charge is 0.490 e. The summed E-state index contributed by atoms with van der Waals surface area (Å²) in [6, 6.07) is 28.4. The summed E-state index contributed by atoms with van der Waals surface area (Å²) in [5.74, 6) is 1.84. The van der Waals surface area contributed by atoms with Gasteiger partial charge in [-0.05, 0) is 74.7 Å². The minimum Gasteiger partial charge on any atom is -0.490 e. The number of hydrogen-bond acceptors (Lipinski definition) is 6. The molecule has 6 aromatic rings. The van der Waals surface area contributed by atoms with E-state index >= 15 is 0 Å². The van der Waals surface area contributed by atoms with E-state index in [1.807, 2.05) is 79.7 Å². The van der Waals surface area contributed by atoms with Crippen LogP contribution in [0, 0.1) is 0 Å². The number of ether oxygens (including phenoxy) is 2. The fourth-order valence-corrected chi connectivity index (χ4v) is 5.36. The maximum Gasteiger partial charge on any atom is 0.282 e. The van der Waals surface area contributed by atoms with Gasteiger partial charge in [-0.15, -0.1) is 0 Å². The topological polar surface area (TPSA) is 78.9 Å². The number of aromatic nitrogens is 2. The number of hydrogen-bond donors (Lipinski definition) is 0. The van der Waals surface area contributed by atoms with Crippen molar-refractivity contribution in [2.45, 2.75) is 13.5 Å². The minimum atomic E-state index is -0.314. The normalized spacial score (nSPS) is 11.5. The molecule has 0 saturated carbocycles. The number of para-hydroxylation sites is 2. The lowest BCUT2D eigenvalue weighted by atomic mass is 10.2. The molecule has 4 aromatic carbocycles. The average Bonchev–Trinajstić information content (AvgIpc) is 3.44. The number of nitrogens with zero attached hydrogens (tertiary/aromatic N) is 3. The fraction of sp³-hybridized carbons (Fsp3) is 0.0938. The molecule has 0 fully saturated rings. The molecular formula is C32H23Br2N3O4. The summed E-state index contributed by atoms with van der Waals surface area (Å²) in [5, 5.41) is 5.96. The standard InChI is InChI=1S/C32H23Br2N3O4/c1-2-39-26-17-22(28(33)29(34)30(26)40-19-20-10-4-3-5-11-20)18-35-37-31(27-16-21-12-6-9-15-25(21)41-27)36-24-14-8-7-13-23(24)32(37)38/h3-18H,2,19H2,1H3. The minimum absolute atomic E-state index is 0.296. The van der Waals surface area contributed by atoms with E-state index < -0.39 is 0 Å². The molecule has 0 saturated heterocycles. The van der Waals surface area contributed by atoms with Gasteiger partial charge in [0.2, 0.25) is 5.82 Å². The highest BCUT2D eigenvalue weighted by atomic mass is 79.9. The van der Waals surface area contributed by atoms with E-state index in [1.54, 1.807) is 24.4 Å². The van der Waals surface area contributed by atoms with Gasteiger partial charge in [-0.3, -0.25) is 4.79 Å². The molecule has 2 heterocycles. The Bertz CT molecular complexity index is 1930. The molecule has 0 spiro atoms. The second-order valence-corrected chi connectivity index (χ2v) is 10.7. The van der Waals surface area contributed by atoms with Crippen molar-refractivity contribution in [3.63, 3.8) is 0 Å². The summed E-state index contributed by atoms with van der Waals surface area (Å²) in [6.07, 6.45) is 1.59. The SMILES string of the molecule is CCOc1cc(C=Nn2c(-c3cc4ccccc4o3)nc3ccccc3c2=O)c(Br)c(Br)c1OCc1ccccc1. The van der Waals surface area contributed by atoms with Crippen molar-refractivity contribution < 1.29 is 13.9 Å². The van der Waals surface area contributed by atoms with Crippen LogP contribution in [-0.2, 0) is 6.61 Å². The molecule has 0 amide bonds. The highest BCUT2D eigenvalue weighted by Crippen LogP contribution is 2.43. The summed E-state index contributed by atoms with van der Waals surface area (Å²) in [4.78, 5) is 18.4. The Kier molecular flexibility index (Phi) is 7.71. The highest BCUT2D eigenvalue weighted by Gasteiger charge is 2.19. The van der Waals surface area contributed by atoms with E-state index in [2.05, 4.69) is 37.0 Å². The lowest BCUT2D eigenvalue weighted by Gasteiger charge is -2.16. The van der Waals surface area contributed by atoms with Crippen LogP contribution in [0.4, 0.5) is 0 Å². The summed E-state index contributed by atoms with van der Waals surface area (Å²) in [5.41, 5.74) is 2.64. The zero-order chi connectivity index (χ0) is 28.3. The predicted molar refractivity (Wildman–Crippen MR) is 168 cm³/mol. The van der Waals surface area contributed by atoms with Crippen LogP contribution in [0.5, 0.6) is 11.5 Å². The Labute approximate surface area is 252 Å². The second-order valence-electron chi connectivity index (χ2n) is 9.09. The average molecular weight is 673 g/mol. The molecule has 9 heteroatoms. The predicted octanol–water partition coefficient (Wildman–Crippen LogP) is 8.19. The van der Waals surface area contributed by atoms with E-state index in [0.29, 0.717) is 67.3 Å². The van der Waals surface area contributed by atoms with Gasteiger partial charge in [0.25, 0.3) is 5.56 Å². The lowest BCUT2D eigenvalue weighted by molar-refractivity contribution is 0.267. The zero-order valence-corrected chi connectivity index (χ0v) is 25.1. The van der Waals surface area contributed by atoms with Crippen LogP contribution in [-0.4, -0.2) is 22.5 Å². The smallest absolute Gasteiger partial charge is 0.282 e. The van der Waals surface area contributed by atoms with Crippen molar-refractivity contribution in [3.8, 4) is 23.1 Å². The molecule has 0 N–H and O–H groups in total. The maximum atomic E-state index is 13.7. The van der Waals surface area contributed by atoms with Gasteiger partial charge in [0.05, 0.1) is 28.2 Å². The molecule has 6 rings (SSSR count). The molecular weight excluding hydrogens is 650 g/mol. The van der Waals surface area contributed by atoms with Crippen LogP contribution < -0.4 is 15.0 Å². The first-order valence-electron chi connectivity index (χ1n) is 12.9. The van der Waals surface area contributed by atoms with Crippen LogP contribution in [0.25, 0.3) is 33.5 Å². The maximum absolute atomic E-state index is 13.7.